The number of aliphatic hydroxyl groups is 1. The topological polar surface area (TPSA) is 199 Å². The average molecular weight is 507 g/mol. The fourth-order valence-corrected chi connectivity index (χ4v) is 12.6. The summed E-state index contributed by atoms with van der Waals surface area (Å²) in [5.41, 5.74) is 6.56. The van der Waals surface area contributed by atoms with Crippen LogP contribution in [0.25, 0.3) is 11.2 Å². The highest BCUT2D eigenvalue weighted by molar-refractivity contribution is 8.14. The highest BCUT2D eigenvalue weighted by Gasteiger charge is 2.45. The molecular weight excluding hydrogens is 492 g/mol. The second-order valence-electron chi connectivity index (χ2n) is 6.18. The molecule has 1 fully saturated rings. The zero-order chi connectivity index (χ0) is 21.0. The number of aromatic nitrogens is 4. The van der Waals surface area contributed by atoms with Crippen molar-refractivity contribution in [2.24, 2.45) is 4.52 Å². The molecule has 4 heterocycles. The van der Waals surface area contributed by atoms with E-state index < -0.39 is 46.3 Å². The third-order valence-electron chi connectivity index (χ3n) is 4.06. The molecule has 29 heavy (non-hydrogen) atoms. The van der Waals surface area contributed by atoms with Gasteiger partial charge in [-0.2, -0.15) is 9.37 Å². The van der Waals surface area contributed by atoms with Gasteiger partial charge < -0.3 is 20.5 Å². The Morgan fingerprint density at radius 1 is 1.34 bits per heavy atom. The van der Waals surface area contributed by atoms with E-state index in [0.717, 1.165) is 0 Å². The first kappa shape index (κ1) is 21.6. The van der Waals surface area contributed by atoms with Gasteiger partial charge in [-0.1, -0.05) is 0 Å². The van der Waals surface area contributed by atoms with Crippen LogP contribution in [-0.4, -0.2) is 48.3 Å². The number of nitrogens with two attached hydrogens (primary N) is 1. The predicted molar refractivity (Wildman–Crippen MR) is 105 cm³/mol. The zero-order valence-electron chi connectivity index (χ0n) is 14.2. The lowest BCUT2D eigenvalue weighted by molar-refractivity contribution is -0.0379. The van der Waals surface area contributed by atoms with E-state index in [0.29, 0.717) is 11.2 Å². The Hall–Kier alpha value is -0.620. The highest BCUT2D eigenvalue weighted by Crippen LogP contribution is 2.74. The van der Waals surface area contributed by atoms with Crippen LogP contribution in [0, 0.1) is 0 Å². The van der Waals surface area contributed by atoms with Crippen LogP contribution in [0.2, 0.25) is 0 Å². The van der Waals surface area contributed by atoms with Crippen LogP contribution in [0.4, 0.5) is 5.82 Å². The number of imidazole rings is 1. The number of halogens is 2. The summed E-state index contributed by atoms with van der Waals surface area (Å²) in [6, 6.07) is 0. The molecule has 4 rings (SSSR count). The molecule has 0 radical (unpaired) electrons. The number of nitrogens with one attached hydrogen (secondary N) is 2. The van der Waals surface area contributed by atoms with Crippen molar-refractivity contribution in [1.29, 1.82) is 0 Å². The first-order chi connectivity index (χ1) is 13.5. The highest BCUT2D eigenvalue weighted by atomic mass is 35.9. The standard InChI is InChI=1S/C10H15Cl2N8O6P3/c11-27(12)17-28(22,23)19-29(24,18-27)25-2-6-5(21)1-7(26-6)20-4-16-8-9(13)14-3-15-10(8)20/h3-7,21H,1-2H2,(H2,13,14,15)(H3,17,19,22,23,24)/t5?,6-,7-,29?/m1/s1. The second kappa shape index (κ2) is 7.51. The monoisotopic (exact) mass is 506 g/mol. The van der Waals surface area contributed by atoms with E-state index in [1.54, 1.807) is 4.57 Å². The SMILES string of the molecule is Nc1ncnc2c1ncn2[C@H]1CC(O)[C@@H](COP2(=O)N=P(Cl)(Cl)NP(=O)(O)N2)O1. The van der Waals surface area contributed by atoms with Gasteiger partial charge in [0, 0.05) is 6.42 Å². The van der Waals surface area contributed by atoms with E-state index in [2.05, 4.69) is 19.5 Å². The van der Waals surface area contributed by atoms with Crippen molar-refractivity contribution in [2.45, 2.75) is 24.9 Å². The molecule has 2 aromatic rings. The maximum absolute atomic E-state index is 12.7. The molecule has 160 valence electrons. The van der Waals surface area contributed by atoms with Crippen molar-refractivity contribution < 1.29 is 28.4 Å². The lowest BCUT2D eigenvalue weighted by Gasteiger charge is -2.28. The Morgan fingerprint density at radius 2 is 2.10 bits per heavy atom. The molecule has 2 aromatic heterocycles. The van der Waals surface area contributed by atoms with Gasteiger partial charge >= 0.3 is 15.3 Å². The van der Waals surface area contributed by atoms with Gasteiger partial charge in [-0.05, 0) is 22.5 Å². The van der Waals surface area contributed by atoms with Crippen LogP contribution in [0.5, 0.6) is 0 Å². The van der Waals surface area contributed by atoms with E-state index in [-0.39, 0.29) is 12.2 Å². The molecule has 3 unspecified atom stereocenters. The quantitative estimate of drug-likeness (QED) is 0.377. The first-order valence-electron chi connectivity index (χ1n) is 7.93. The summed E-state index contributed by atoms with van der Waals surface area (Å²) in [5.74, 6) is -3.33. The molecule has 0 aliphatic carbocycles. The smallest absolute Gasteiger partial charge is 0.390 e. The van der Waals surface area contributed by atoms with Crippen LogP contribution in [0.3, 0.4) is 0 Å². The van der Waals surface area contributed by atoms with Crippen LogP contribution in [0.1, 0.15) is 12.6 Å². The molecule has 2 aliphatic rings. The molecule has 0 aromatic carbocycles. The Balaban J connectivity index is 1.49. The van der Waals surface area contributed by atoms with Crippen molar-refractivity contribution in [1.82, 2.24) is 29.2 Å². The summed E-state index contributed by atoms with van der Waals surface area (Å²) in [6.07, 6.45) is 0.292. The van der Waals surface area contributed by atoms with Gasteiger partial charge in [-0.15, -0.1) is 4.86 Å². The molecule has 19 heteroatoms. The van der Waals surface area contributed by atoms with Crippen molar-refractivity contribution >= 4 is 60.7 Å². The number of fused-ring (bicyclic) bond motifs is 1. The van der Waals surface area contributed by atoms with Crippen LogP contribution < -0.4 is 15.4 Å². The number of anilines is 1. The molecule has 0 saturated carbocycles. The molecule has 2 aliphatic heterocycles. The summed E-state index contributed by atoms with van der Waals surface area (Å²) in [5, 5.41) is 10.3. The van der Waals surface area contributed by atoms with Crippen molar-refractivity contribution in [2.75, 3.05) is 12.3 Å². The third kappa shape index (κ3) is 4.53. The van der Waals surface area contributed by atoms with Crippen LogP contribution in [-0.2, 0) is 18.4 Å². The van der Waals surface area contributed by atoms with Gasteiger partial charge in [-0.25, -0.2) is 19.5 Å². The van der Waals surface area contributed by atoms with E-state index >= 15 is 0 Å². The third-order valence-corrected chi connectivity index (χ3v) is 13.1. The largest absolute Gasteiger partial charge is 0.397 e. The maximum Gasteiger partial charge on any atom is 0.397 e. The number of hydrogen-bond acceptors (Lipinski definition) is 9. The fourth-order valence-electron chi connectivity index (χ4n) is 2.89. The minimum atomic E-state index is -4.33. The normalized spacial score (nSPS) is 36.9. The number of nitrogens with zero attached hydrogens (tertiary/aromatic N) is 5. The molecule has 14 nitrogen and oxygen atoms in total. The number of rotatable bonds is 4. The lowest BCUT2D eigenvalue weighted by Crippen LogP contribution is -2.28. The van der Waals surface area contributed by atoms with Gasteiger partial charge in [0.15, 0.2) is 11.5 Å². The average Bonchev–Trinajstić information content (AvgIpc) is 3.14. The molecule has 0 bridgehead atoms. The van der Waals surface area contributed by atoms with Gasteiger partial charge in [-0.3, -0.25) is 13.7 Å². The van der Waals surface area contributed by atoms with Crippen LogP contribution >= 0.6 is 43.7 Å². The van der Waals surface area contributed by atoms with Crippen molar-refractivity contribution in [3.05, 3.63) is 12.7 Å². The summed E-state index contributed by atoms with van der Waals surface area (Å²) < 4.78 is 40.6. The van der Waals surface area contributed by atoms with Gasteiger partial charge in [0.25, 0.3) is 0 Å². The van der Waals surface area contributed by atoms with E-state index in [1.165, 1.54) is 12.7 Å². The fraction of sp³-hybridized carbons (Fsp3) is 0.500. The Labute approximate surface area is 172 Å². The Morgan fingerprint density at radius 3 is 2.83 bits per heavy atom. The minimum Gasteiger partial charge on any atom is -0.390 e. The molecule has 5 atom stereocenters. The van der Waals surface area contributed by atoms with Gasteiger partial charge in [0.05, 0.1) is 19.0 Å². The second-order valence-corrected chi connectivity index (χ2v) is 15.4. The molecular formula is C10H15Cl2N8O6P3. The van der Waals surface area contributed by atoms with E-state index in [4.69, 9.17) is 37.5 Å². The lowest BCUT2D eigenvalue weighted by atomic mass is 10.2. The van der Waals surface area contributed by atoms with Crippen molar-refractivity contribution in [3.63, 3.8) is 0 Å². The summed E-state index contributed by atoms with van der Waals surface area (Å²) in [6.45, 7) is -0.414. The molecule has 0 spiro atoms. The zero-order valence-corrected chi connectivity index (χ0v) is 18.4. The Kier molecular flexibility index (Phi) is 5.59. The predicted octanol–water partition coefficient (Wildman–Crippen LogP) is 1.90. The van der Waals surface area contributed by atoms with E-state index in [9.17, 15) is 19.1 Å². The van der Waals surface area contributed by atoms with E-state index in [1.807, 2.05) is 9.72 Å². The minimum absolute atomic E-state index is 0.153. The molecule has 1 saturated heterocycles. The number of nitrogen functional groups attached to an aromatic ring is 1. The summed E-state index contributed by atoms with van der Waals surface area (Å²) in [4.78, 5) is 25.6. The summed E-state index contributed by atoms with van der Waals surface area (Å²) in [7, 11) is -8.55. The first-order valence-corrected chi connectivity index (χ1v) is 14.7. The number of ether oxygens (including phenoxy) is 1. The maximum atomic E-state index is 12.7. The van der Waals surface area contributed by atoms with Crippen LogP contribution in [0.15, 0.2) is 17.2 Å². The number of aliphatic hydroxyl groups excluding tert-OH is 1. The molecule has 6 N–H and O–H groups in total. The van der Waals surface area contributed by atoms with Crippen molar-refractivity contribution in [3.8, 4) is 0 Å². The number of hydrogen-bond donors (Lipinski definition) is 5. The molecule has 0 amide bonds. The van der Waals surface area contributed by atoms with Gasteiger partial charge in [0.1, 0.15) is 24.2 Å². The summed E-state index contributed by atoms with van der Waals surface area (Å²) >= 11 is 11.6. The Bertz CT molecular complexity index is 1110. The van der Waals surface area contributed by atoms with Gasteiger partial charge in [0.2, 0.25) is 5.91 Å².